The quantitative estimate of drug-likeness (QED) is 0.738. The van der Waals surface area contributed by atoms with E-state index in [9.17, 15) is 9.59 Å². The number of carboxylic acids is 1. The van der Waals surface area contributed by atoms with Gasteiger partial charge in [-0.25, -0.2) is 9.78 Å². The number of hydrogen-bond donors (Lipinski definition) is 3. The van der Waals surface area contributed by atoms with Gasteiger partial charge >= 0.3 is 12.0 Å². The Hall–Kier alpha value is -2.25. The molecule has 2 atom stereocenters. The fraction of sp³-hybridized carbons (Fsp3) is 0.545. The van der Waals surface area contributed by atoms with E-state index in [2.05, 4.69) is 25.8 Å². The molecule has 1 aromatic heterocycles. The molecule has 8 heteroatoms. The van der Waals surface area contributed by atoms with Crippen LogP contribution >= 0.6 is 0 Å². The monoisotopic (exact) mass is 265 g/mol. The van der Waals surface area contributed by atoms with Crippen LogP contribution < -0.4 is 10.6 Å². The molecule has 1 saturated carbocycles. The Morgan fingerprint density at radius 3 is 2.74 bits per heavy atom. The lowest BCUT2D eigenvalue weighted by molar-refractivity contribution is -0.143. The van der Waals surface area contributed by atoms with E-state index in [4.69, 9.17) is 5.11 Å². The molecule has 1 aromatic rings. The Morgan fingerprint density at radius 2 is 2.05 bits per heavy atom. The van der Waals surface area contributed by atoms with Gasteiger partial charge < -0.3 is 10.4 Å². The molecule has 0 aromatic carbocycles. The molecule has 0 spiro atoms. The fourth-order valence-electron chi connectivity index (χ4n) is 2.21. The van der Waals surface area contributed by atoms with Crippen molar-refractivity contribution in [3.63, 3.8) is 0 Å². The maximum absolute atomic E-state index is 11.7. The van der Waals surface area contributed by atoms with Crippen LogP contribution in [0.15, 0.2) is 12.4 Å². The van der Waals surface area contributed by atoms with Crippen LogP contribution in [0.25, 0.3) is 0 Å². The number of carboxylic acid groups (broad SMARTS) is 1. The third kappa shape index (κ3) is 3.60. The van der Waals surface area contributed by atoms with Crippen LogP contribution in [0.2, 0.25) is 0 Å². The van der Waals surface area contributed by atoms with Gasteiger partial charge in [0.25, 0.3) is 5.95 Å². The van der Waals surface area contributed by atoms with E-state index in [1.54, 1.807) is 0 Å². The van der Waals surface area contributed by atoms with Crippen molar-refractivity contribution in [3.05, 3.63) is 12.4 Å². The first-order valence-electron chi connectivity index (χ1n) is 6.11. The van der Waals surface area contributed by atoms with Crippen molar-refractivity contribution < 1.29 is 14.7 Å². The Kier molecular flexibility index (Phi) is 4.22. The first-order valence-corrected chi connectivity index (χ1v) is 6.11. The largest absolute Gasteiger partial charge is 0.481 e. The number of carbonyl (C=O) groups is 2. The van der Waals surface area contributed by atoms with E-state index in [-0.39, 0.29) is 12.0 Å². The standard InChI is InChI=1S/C11H15N5O3/c17-9(18)7-3-1-2-4-8(7)14-11(19)15-10-12-5-6-13-16-10/h5-8H,1-4H2,(H,17,18)(H2,12,14,15,16,19). The van der Waals surface area contributed by atoms with Crippen molar-refractivity contribution in [2.75, 3.05) is 5.32 Å². The molecule has 102 valence electrons. The lowest BCUT2D eigenvalue weighted by Gasteiger charge is -2.29. The number of urea groups is 1. The van der Waals surface area contributed by atoms with Crippen LogP contribution in [0.1, 0.15) is 25.7 Å². The maximum atomic E-state index is 11.7. The average molecular weight is 265 g/mol. The van der Waals surface area contributed by atoms with Gasteiger partial charge in [-0.15, -0.1) is 5.10 Å². The summed E-state index contributed by atoms with van der Waals surface area (Å²) in [6, 6.07) is -0.867. The summed E-state index contributed by atoms with van der Waals surface area (Å²) in [5.41, 5.74) is 0. The van der Waals surface area contributed by atoms with Crippen LogP contribution in [0.5, 0.6) is 0 Å². The molecule has 2 unspecified atom stereocenters. The summed E-state index contributed by atoms with van der Waals surface area (Å²) in [5, 5.41) is 21.4. The molecule has 2 amide bonds. The second kappa shape index (κ2) is 6.07. The summed E-state index contributed by atoms with van der Waals surface area (Å²) in [7, 11) is 0. The van der Waals surface area contributed by atoms with Gasteiger partial charge in [0, 0.05) is 6.04 Å². The van der Waals surface area contributed by atoms with E-state index in [1.165, 1.54) is 12.4 Å². The minimum atomic E-state index is -0.873. The average Bonchev–Trinajstić information content (AvgIpc) is 2.40. The van der Waals surface area contributed by atoms with Gasteiger partial charge in [-0.3, -0.25) is 10.1 Å². The number of nitrogens with zero attached hydrogens (tertiary/aromatic N) is 3. The number of aromatic nitrogens is 3. The molecule has 2 rings (SSSR count). The summed E-state index contributed by atoms with van der Waals surface area (Å²) in [6.07, 6.45) is 5.84. The lowest BCUT2D eigenvalue weighted by Crippen LogP contribution is -2.46. The molecule has 0 radical (unpaired) electrons. The van der Waals surface area contributed by atoms with Crippen molar-refractivity contribution >= 4 is 17.9 Å². The summed E-state index contributed by atoms with van der Waals surface area (Å²) in [5.74, 6) is -1.32. The fourth-order valence-corrected chi connectivity index (χ4v) is 2.21. The Morgan fingerprint density at radius 1 is 1.26 bits per heavy atom. The molecular formula is C11H15N5O3. The summed E-state index contributed by atoms with van der Waals surface area (Å²) in [6.45, 7) is 0. The van der Waals surface area contributed by atoms with Gasteiger partial charge in [0.05, 0.1) is 18.3 Å². The van der Waals surface area contributed by atoms with Crippen LogP contribution in [0.3, 0.4) is 0 Å². The first-order chi connectivity index (χ1) is 9.16. The predicted octanol–water partition coefficient (Wildman–Crippen LogP) is 0.636. The molecule has 1 fully saturated rings. The predicted molar refractivity (Wildman–Crippen MR) is 65.4 cm³/mol. The third-order valence-electron chi connectivity index (χ3n) is 3.11. The number of aliphatic carboxylic acids is 1. The first kappa shape index (κ1) is 13.2. The van der Waals surface area contributed by atoms with Gasteiger partial charge in [-0.2, -0.15) is 5.10 Å². The van der Waals surface area contributed by atoms with Gasteiger partial charge in [-0.05, 0) is 12.8 Å². The summed E-state index contributed by atoms with van der Waals surface area (Å²) < 4.78 is 0. The number of amides is 2. The van der Waals surface area contributed by atoms with Crippen molar-refractivity contribution in [2.24, 2.45) is 5.92 Å². The Bertz CT molecular complexity index is 453. The van der Waals surface area contributed by atoms with Gasteiger partial charge in [0.1, 0.15) is 0 Å². The van der Waals surface area contributed by atoms with Crippen molar-refractivity contribution in [3.8, 4) is 0 Å². The Labute approximate surface area is 109 Å². The summed E-state index contributed by atoms with van der Waals surface area (Å²) >= 11 is 0. The number of nitrogens with one attached hydrogen (secondary N) is 2. The van der Waals surface area contributed by atoms with E-state index < -0.39 is 17.9 Å². The van der Waals surface area contributed by atoms with Crippen LogP contribution in [0.4, 0.5) is 10.7 Å². The third-order valence-corrected chi connectivity index (χ3v) is 3.11. The Balaban J connectivity index is 1.92. The highest BCUT2D eigenvalue weighted by molar-refractivity contribution is 5.88. The second-order valence-electron chi connectivity index (χ2n) is 4.40. The lowest BCUT2D eigenvalue weighted by atomic mass is 9.84. The number of rotatable bonds is 3. The number of anilines is 1. The highest BCUT2D eigenvalue weighted by atomic mass is 16.4. The number of carbonyl (C=O) groups excluding carboxylic acids is 1. The topological polar surface area (TPSA) is 117 Å². The van der Waals surface area contributed by atoms with E-state index in [1.807, 2.05) is 0 Å². The second-order valence-corrected chi connectivity index (χ2v) is 4.40. The molecule has 0 bridgehead atoms. The normalized spacial score (nSPS) is 22.5. The molecule has 0 aliphatic heterocycles. The zero-order valence-electron chi connectivity index (χ0n) is 10.2. The molecule has 3 N–H and O–H groups in total. The van der Waals surface area contributed by atoms with Gasteiger partial charge in [-0.1, -0.05) is 12.8 Å². The number of hydrogen-bond acceptors (Lipinski definition) is 5. The molecule has 8 nitrogen and oxygen atoms in total. The SMILES string of the molecule is O=C(Nc1nccnn1)NC1CCCCC1C(=O)O. The molecule has 0 saturated heterocycles. The zero-order chi connectivity index (χ0) is 13.7. The molecule has 1 aliphatic carbocycles. The maximum Gasteiger partial charge on any atom is 0.321 e. The highest BCUT2D eigenvalue weighted by Crippen LogP contribution is 2.24. The minimum absolute atomic E-state index is 0.0858. The van der Waals surface area contributed by atoms with Crippen molar-refractivity contribution in [2.45, 2.75) is 31.7 Å². The highest BCUT2D eigenvalue weighted by Gasteiger charge is 2.31. The van der Waals surface area contributed by atoms with E-state index in [0.29, 0.717) is 12.8 Å². The molecule has 1 aliphatic rings. The van der Waals surface area contributed by atoms with Crippen LogP contribution in [-0.2, 0) is 4.79 Å². The van der Waals surface area contributed by atoms with Gasteiger partial charge in [0.2, 0.25) is 0 Å². The summed E-state index contributed by atoms with van der Waals surface area (Å²) in [4.78, 5) is 26.6. The van der Waals surface area contributed by atoms with Crippen molar-refractivity contribution in [1.82, 2.24) is 20.5 Å². The minimum Gasteiger partial charge on any atom is -0.481 e. The van der Waals surface area contributed by atoms with Crippen LogP contribution in [-0.4, -0.2) is 38.3 Å². The van der Waals surface area contributed by atoms with E-state index >= 15 is 0 Å². The molecular weight excluding hydrogens is 250 g/mol. The zero-order valence-corrected chi connectivity index (χ0v) is 10.2. The van der Waals surface area contributed by atoms with E-state index in [0.717, 1.165) is 12.8 Å². The van der Waals surface area contributed by atoms with Gasteiger partial charge in [0.15, 0.2) is 0 Å². The molecule has 19 heavy (non-hydrogen) atoms. The van der Waals surface area contributed by atoms with Crippen molar-refractivity contribution in [1.29, 1.82) is 0 Å². The smallest absolute Gasteiger partial charge is 0.321 e. The van der Waals surface area contributed by atoms with Crippen LogP contribution in [0, 0.1) is 5.92 Å². The molecule has 1 heterocycles.